The third-order valence-electron chi connectivity index (χ3n) is 10.7. The van der Waals surface area contributed by atoms with Crippen LogP contribution in [0.15, 0.2) is 42.8 Å². The fourth-order valence-corrected chi connectivity index (χ4v) is 8.21. The number of allylic oxidation sites excluding steroid dienone is 2. The molecule has 4 rings (SSSR count). The van der Waals surface area contributed by atoms with Crippen LogP contribution in [0, 0.1) is 29.6 Å². The maximum atomic E-state index is 4.55. The summed E-state index contributed by atoms with van der Waals surface area (Å²) in [4.78, 5) is 0. The first-order valence-corrected chi connectivity index (χ1v) is 17.1. The zero-order valence-electron chi connectivity index (χ0n) is 25.8. The maximum Gasteiger partial charge on any atom is 0.0405 e. The Kier molecular flexibility index (Phi) is 11.9. The van der Waals surface area contributed by atoms with Crippen LogP contribution >= 0.6 is 0 Å². The Morgan fingerprint density at radius 2 is 0.923 bits per heavy atom. The highest BCUT2D eigenvalue weighted by molar-refractivity contribution is 5.63. The van der Waals surface area contributed by atoms with Crippen LogP contribution in [0.3, 0.4) is 0 Å². The Bertz CT molecular complexity index is 834. The van der Waals surface area contributed by atoms with Crippen molar-refractivity contribution in [1.82, 2.24) is 0 Å². The van der Waals surface area contributed by atoms with Gasteiger partial charge in [-0.3, -0.25) is 0 Å². The van der Waals surface area contributed by atoms with Gasteiger partial charge in [-0.1, -0.05) is 72.5 Å². The lowest BCUT2D eigenvalue weighted by Crippen LogP contribution is -2.20. The molecule has 3 saturated carbocycles. The molecule has 0 radical (unpaired) electrons. The molecule has 2 N–H and O–H groups in total. The van der Waals surface area contributed by atoms with Crippen molar-refractivity contribution in [3.05, 3.63) is 48.3 Å². The Labute approximate surface area is 241 Å². The molecule has 3 aliphatic carbocycles. The van der Waals surface area contributed by atoms with E-state index in [-0.39, 0.29) is 0 Å². The predicted molar refractivity (Wildman–Crippen MR) is 172 cm³/mol. The Morgan fingerprint density at radius 1 is 0.564 bits per heavy atom. The van der Waals surface area contributed by atoms with Gasteiger partial charge in [0, 0.05) is 22.8 Å². The minimum Gasteiger partial charge on any atom is -0.359 e. The highest BCUT2D eigenvalue weighted by atomic mass is 14.9. The molecule has 3 fully saturated rings. The van der Waals surface area contributed by atoms with Gasteiger partial charge in [0.05, 0.1) is 0 Å². The second kappa shape index (κ2) is 15.3. The van der Waals surface area contributed by atoms with Crippen LogP contribution in [-0.2, 0) is 0 Å². The van der Waals surface area contributed by atoms with Crippen molar-refractivity contribution >= 4 is 11.4 Å². The number of benzene rings is 1. The average molecular weight is 533 g/mol. The first kappa shape index (κ1) is 30.3. The summed E-state index contributed by atoms with van der Waals surface area (Å²) in [5.41, 5.74) is 6.42. The Morgan fingerprint density at radius 3 is 1.28 bits per heavy atom. The quantitative estimate of drug-likeness (QED) is 0.264. The lowest BCUT2D eigenvalue weighted by Gasteiger charge is -2.32. The highest BCUT2D eigenvalue weighted by Crippen LogP contribution is 2.41. The second-order valence-electron chi connectivity index (χ2n) is 13.7. The van der Waals surface area contributed by atoms with Crippen molar-refractivity contribution in [2.45, 2.75) is 142 Å². The van der Waals surface area contributed by atoms with Gasteiger partial charge in [0.1, 0.15) is 0 Å². The van der Waals surface area contributed by atoms with Gasteiger partial charge in [-0.15, -0.1) is 0 Å². The molecular formula is C37H60N2. The van der Waals surface area contributed by atoms with E-state index in [1.54, 1.807) is 0 Å². The fourth-order valence-electron chi connectivity index (χ4n) is 8.21. The highest BCUT2D eigenvalue weighted by Gasteiger charge is 2.26. The summed E-state index contributed by atoms with van der Waals surface area (Å²) in [7, 11) is 0. The molecule has 0 saturated heterocycles. The summed E-state index contributed by atoms with van der Waals surface area (Å²) in [5, 5.41) is 7.63. The van der Waals surface area contributed by atoms with E-state index in [1.165, 1.54) is 144 Å². The van der Waals surface area contributed by atoms with Gasteiger partial charge in [0.2, 0.25) is 0 Å². The first-order chi connectivity index (χ1) is 19.0. The van der Waals surface area contributed by atoms with E-state index < -0.39 is 0 Å². The topological polar surface area (TPSA) is 24.1 Å². The molecule has 1 aromatic carbocycles. The number of anilines is 2. The Balaban J connectivity index is 1.43. The van der Waals surface area contributed by atoms with E-state index in [1.807, 2.05) is 0 Å². The zero-order valence-corrected chi connectivity index (χ0v) is 25.8. The number of hydrogen-bond acceptors (Lipinski definition) is 2. The van der Waals surface area contributed by atoms with Gasteiger partial charge in [0.25, 0.3) is 0 Å². The van der Waals surface area contributed by atoms with Crippen molar-refractivity contribution in [1.29, 1.82) is 0 Å². The molecule has 3 aliphatic rings. The summed E-state index contributed by atoms with van der Waals surface area (Å²) in [6, 6.07) is 7.22. The summed E-state index contributed by atoms with van der Waals surface area (Å²) >= 11 is 0. The smallest absolute Gasteiger partial charge is 0.0405 e. The number of rotatable bonds is 13. The molecule has 0 unspecified atom stereocenters. The zero-order chi connectivity index (χ0) is 27.6. The minimum atomic E-state index is 0.607. The van der Waals surface area contributed by atoms with E-state index in [0.717, 1.165) is 17.8 Å². The lowest BCUT2D eigenvalue weighted by molar-refractivity contribution is 0.287. The van der Waals surface area contributed by atoms with E-state index in [4.69, 9.17) is 0 Å². The van der Waals surface area contributed by atoms with Crippen LogP contribution in [0.25, 0.3) is 0 Å². The van der Waals surface area contributed by atoms with E-state index in [2.05, 4.69) is 62.8 Å². The Hall–Kier alpha value is -1.70. The van der Waals surface area contributed by atoms with Crippen LogP contribution in [0.2, 0.25) is 0 Å². The van der Waals surface area contributed by atoms with Gasteiger partial charge >= 0.3 is 0 Å². The van der Waals surface area contributed by atoms with Crippen molar-refractivity contribution in [2.75, 3.05) is 10.6 Å². The van der Waals surface area contributed by atoms with Crippen molar-refractivity contribution in [3.8, 4) is 0 Å². The summed E-state index contributed by atoms with van der Waals surface area (Å²) in [6.45, 7) is 16.1. The molecule has 218 valence electrons. The van der Waals surface area contributed by atoms with Gasteiger partial charge < -0.3 is 10.6 Å². The minimum absolute atomic E-state index is 0.607. The fraction of sp³-hybridized carbons (Fsp3) is 0.730. The van der Waals surface area contributed by atoms with Crippen LogP contribution < -0.4 is 10.6 Å². The predicted octanol–water partition coefficient (Wildman–Crippen LogP) is 11.8. The third kappa shape index (κ3) is 8.89. The molecular weight excluding hydrogens is 472 g/mol. The SMILES string of the molecule is C=C(Nc1cc(NC(=C)C2CCC(CCC)CC2)cc(C2CCC(CCC)CC2)c1)C1CCC(CCC)CC1. The molecule has 1 aromatic rings. The molecule has 0 atom stereocenters. The first-order valence-electron chi connectivity index (χ1n) is 17.1. The summed E-state index contributed by atoms with van der Waals surface area (Å²) < 4.78 is 0. The van der Waals surface area contributed by atoms with E-state index in [0.29, 0.717) is 17.8 Å². The lowest BCUT2D eigenvalue weighted by atomic mass is 9.77. The van der Waals surface area contributed by atoms with Crippen molar-refractivity contribution < 1.29 is 0 Å². The van der Waals surface area contributed by atoms with E-state index in [9.17, 15) is 0 Å². The monoisotopic (exact) mass is 532 g/mol. The molecule has 0 heterocycles. The van der Waals surface area contributed by atoms with Gasteiger partial charge in [0.15, 0.2) is 0 Å². The number of nitrogens with one attached hydrogen (secondary N) is 2. The molecule has 0 aromatic heterocycles. The van der Waals surface area contributed by atoms with Gasteiger partial charge in [-0.05, 0) is 136 Å². The van der Waals surface area contributed by atoms with Crippen molar-refractivity contribution in [2.24, 2.45) is 29.6 Å². The van der Waals surface area contributed by atoms with Gasteiger partial charge in [-0.25, -0.2) is 0 Å². The van der Waals surface area contributed by atoms with E-state index >= 15 is 0 Å². The molecule has 0 amide bonds. The third-order valence-corrected chi connectivity index (χ3v) is 10.7. The van der Waals surface area contributed by atoms with Gasteiger partial charge in [-0.2, -0.15) is 0 Å². The largest absolute Gasteiger partial charge is 0.359 e. The normalized spacial score (nSPS) is 29.5. The standard InChI is InChI=1S/C37H60N2/c1-6-9-29-12-18-32(19-13-29)27(4)38-36-24-35(34-22-16-31(11-8-3)17-23-34)25-37(26-36)39-28(5)33-20-14-30(10-7-2)15-21-33/h24-26,29-34,38-39H,4-23H2,1-3H3. The molecule has 0 aliphatic heterocycles. The van der Waals surface area contributed by atoms with Crippen LogP contribution in [0.4, 0.5) is 11.4 Å². The second-order valence-corrected chi connectivity index (χ2v) is 13.7. The molecule has 0 spiro atoms. The number of hydrogen-bond donors (Lipinski definition) is 2. The van der Waals surface area contributed by atoms with Crippen LogP contribution in [-0.4, -0.2) is 0 Å². The van der Waals surface area contributed by atoms with Crippen molar-refractivity contribution in [3.63, 3.8) is 0 Å². The maximum absolute atomic E-state index is 4.55. The van der Waals surface area contributed by atoms with Crippen LogP contribution in [0.1, 0.15) is 148 Å². The molecule has 2 heteroatoms. The average Bonchev–Trinajstić information content (AvgIpc) is 2.94. The summed E-state index contributed by atoms with van der Waals surface area (Å²) in [6.07, 6.45) is 24.3. The molecule has 2 nitrogen and oxygen atoms in total. The summed E-state index contributed by atoms with van der Waals surface area (Å²) in [5.74, 6) is 4.70. The molecule has 0 bridgehead atoms. The molecule has 39 heavy (non-hydrogen) atoms. The van der Waals surface area contributed by atoms with Crippen LogP contribution in [0.5, 0.6) is 0 Å².